The molecule has 0 atom stereocenters. The lowest BCUT2D eigenvalue weighted by Crippen LogP contribution is -2.05. The average Bonchev–Trinajstić information content (AvgIpc) is 2.75. The summed E-state index contributed by atoms with van der Waals surface area (Å²) in [6.07, 6.45) is 1.62. The molecule has 2 aromatic heterocycles. The van der Waals surface area contributed by atoms with Crippen molar-refractivity contribution in [2.45, 2.75) is 0 Å². The van der Waals surface area contributed by atoms with E-state index in [1.54, 1.807) is 6.26 Å². The molecule has 0 aliphatic carbocycles. The van der Waals surface area contributed by atoms with Gasteiger partial charge in [-0.2, -0.15) is 0 Å². The van der Waals surface area contributed by atoms with Crippen molar-refractivity contribution in [1.82, 2.24) is 4.98 Å². The summed E-state index contributed by atoms with van der Waals surface area (Å²) in [6, 6.07) is 3.68. The maximum absolute atomic E-state index is 5.18. The second-order valence-electron chi connectivity index (χ2n) is 2.16. The van der Waals surface area contributed by atoms with Crippen molar-refractivity contribution in [3.63, 3.8) is 0 Å². The Balaban J connectivity index is 2.35. The molecule has 5 heteroatoms. The molecule has 4 nitrogen and oxygen atoms in total. The van der Waals surface area contributed by atoms with Gasteiger partial charge in [0.15, 0.2) is 10.9 Å². The predicted molar refractivity (Wildman–Crippen MR) is 47.6 cm³/mol. The van der Waals surface area contributed by atoms with Gasteiger partial charge in [-0.25, -0.2) is 10.8 Å². The molecular formula is C7H7N3OS. The summed E-state index contributed by atoms with van der Waals surface area (Å²) in [7, 11) is 0. The number of nitrogens with one attached hydrogen (secondary N) is 1. The van der Waals surface area contributed by atoms with Gasteiger partial charge in [0.1, 0.15) is 5.69 Å². The van der Waals surface area contributed by atoms with E-state index in [1.165, 1.54) is 11.3 Å². The molecule has 0 spiro atoms. The Morgan fingerprint density at radius 3 is 3.08 bits per heavy atom. The number of nitrogens with two attached hydrogens (primary N) is 1. The number of anilines is 1. The van der Waals surface area contributed by atoms with E-state index < -0.39 is 0 Å². The van der Waals surface area contributed by atoms with Crippen LogP contribution >= 0.6 is 11.3 Å². The van der Waals surface area contributed by atoms with Crippen LogP contribution in [-0.4, -0.2) is 4.98 Å². The number of furan rings is 1. The minimum absolute atomic E-state index is 0.682. The van der Waals surface area contributed by atoms with Crippen LogP contribution in [0.25, 0.3) is 11.5 Å². The third kappa shape index (κ3) is 1.19. The van der Waals surface area contributed by atoms with Gasteiger partial charge in [0.05, 0.1) is 6.26 Å². The lowest BCUT2D eigenvalue weighted by atomic mass is 10.4. The van der Waals surface area contributed by atoms with E-state index in [4.69, 9.17) is 10.3 Å². The number of thiazole rings is 1. The minimum Gasteiger partial charge on any atom is -0.463 e. The first-order chi connectivity index (χ1) is 5.90. The van der Waals surface area contributed by atoms with Crippen LogP contribution in [0.2, 0.25) is 0 Å². The molecule has 0 radical (unpaired) electrons. The monoisotopic (exact) mass is 181 g/mol. The summed E-state index contributed by atoms with van der Waals surface area (Å²) in [5.41, 5.74) is 3.28. The maximum atomic E-state index is 5.18. The fourth-order valence-electron chi connectivity index (χ4n) is 0.878. The molecule has 0 aromatic carbocycles. The van der Waals surface area contributed by atoms with Crippen molar-refractivity contribution < 1.29 is 4.42 Å². The number of hydrogen-bond donors (Lipinski definition) is 2. The first-order valence-corrected chi connectivity index (χ1v) is 4.24. The van der Waals surface area contributed by atoms with Crippen LogP contribution in [0.1, 0.15) is 0 Å². The van der Waals surface area contributed by atoms with Crippen LogP contribution in [0.4, 0.5) is 5.13 Å². The Kier molecular flexibility index (Phi) is 1.81. The average molecular weight is 181 g/mol. The highest BCUT2D eigenvalue weighted by molar-refractivity contribution is 7.14. The van der Waals surface area contributed by atoms with Crippen LogP contribution < -0.4 is 11.3 Å². The molecule has 0 fully saturated rings. The molecule has 0 aliphatic heterocycles. The molecule has 12 heavy (non-hydrogen) atoms. The first kappa shape index (κ1) is 7.33. The van der Waals surface area contributed by atoms with Crippen LogP contribution in [0.15, 0.2) is 28.2 Å². The normalized spacial score (nSPS) is 10.1. The van der Waals surface area contributed by atoms with Gasteiger partial charge in [0, 0.05) is 5.38 Å². The summed E-state index contributed by atoms with van der Waals surface area (Å²) in [4.78, 5) is 4.16. The number of rotatable bonds is 2. The van der Waals surface area contributed by atoms with Crippen molar-refractivity contribution in [3.05, 3.63) is 23.8 Å². The largest absolute Gasteiger partial charge is 0.463 e. The van der Waals surface area contributed by atoms with E-state index in [1.807, 2.05) is 17.5 Å². The molecule has 62 valence electrons. The molecule has 0 bridgehead atoms. The molecule has 0 amide bonds. The molecule has 0 saturated carbocycles. The van der Waals surface area contributed by atoms with Crippen molar-refractivity contribution >= 4 is 16.5 Å². The van der Waals surface area contributed by atoms with Gasteiger partial charge in [-0.1, -0.05) is 0 Å². The quantitative estimate of drug-likeness (QED) is 0.546. The first-order valence-electron chi connectivity index (χ1n) is 3.36. The Bertz CT molecular complexity index is 354. The Morgan fingerprint density at radius 2 is 2.50 bits per heavy atom. The van der Waals surface area contributed by atoms with Gasteiger partial charge in [-0.15, -0.1) is 11.3 Å². The minimum atomic E-state index is 0.682. The zero-order valence-electron chi connectivity index (χ0n) is 6.15. The van der Waals surface area contributed by atoms with E-state index >= 15 is 0 Å². The lowest BCUT2D eigenvalue weighted by molar-refractivity contribution is 0.580. The van der Waals surface area contributed by atoms with Crippen LogP contribution in [0, 0.1) is 0 Å². The van der Waals surface area contributed by atoms with Crippen molar-refractivity contribution in [2.24, 2.45) is 5.84 Å². The van der Waals surface area contributed by atoms with E-state index in [0.29, 0.717) is 5.13 Å². The number of nitrogens with zero attached hydrogens (tertiary/aromatic N) is 1. The van der Waals surface area contributed by atoms with E-state index in [2.05, 4.69) is 10.4 Å². The van der Waals surface area contributed by atoms with E-state index in [9.17, 15) is 0 Å². The van der Waals surface area contributed by atoms with Crippen LogP contribution in [0.5, 0.6) is 0 Å². The summed E-state index contributed by atoms with van der Waals surface area (Å²) >= 11 is 1.44. The van der Waals surface area contributed by atoms with Crippen LogP contribution in [0.3, 0.4) is 0 Å². The van der Waals surface area contributed by atoms with E-state index in [0.717, 1.165) is 11.5 Å². The second-order valence-corrected chi connectivity index (χ2v) is 3.02. The van der Waals surface area contributed by atoms with Gasteiger partial charge in [0.25, 0.3) is 0 Å². The van der Waals surface area contributed by atoms with Crippen molar-refractivity contribution in [2.75, 3.05) is 5.43 Å². The number of hydrazine groups is 1. The molecule has 2 heterocycles. The van der Waals surface area contributed by atoms with Gasteiger partial charge in [-0.3, -0.25) is 5.43 Å². The fourth-order valence-corrected chi connectivity index (χ4v) is 1.49. The fraction of sp³-hybridized carbons (Fsp3) is 0. The Hall–Kier alpha value is -1.33. The maximum Gasteiger partial charge on any atom is 0.197 e. The molecule has 2 rings (SSSR count). The topological polar surface area (TPSA) is 64.1 Å². The third-order valence-electron chi connectivity index (χ3n) is 1.40. The lowest BCUT2D eigenvalue weighted by Gasteiger charge is -1.88. The number of hydrogen-bond acceptors (Lipinski definition) is 5. The second kappa shape index (κ2) is 2.96. The smallest absolute Gasteiger partial charge is 0.197 e. The molecular weight excluding hydrogens is 174 g/mol. The molecule has 3 N–H and O–H groups in total. The van der Waals surface area contributed by atoms with Crippen molar-refractivity contribution in [3.8, 4) is 11.5 Å². The van der Waals surface area contributed by atoms with Gasteiger partial charge >= 0.3 is 0 Å². The number of aromatic nitrogens is 1. The predicted octanol–water partition coefficient (Wildman–Crippen LogP) is 1.69. The highest BCUT2D eigenvalue weighted by atomic mass is 32.1. The zero-order valence-corrected chi connectivity index (χ0v) is 6.97. The van der Waals surface area contributed by atoms with Gasteiger partial charge < -0.3 is 4.42 Å². The van der Waals surface area contributed by atoms with Gasteiger partial charge in [-0.05, 0) is 12.1 Å². The van der Waals surface area contributed by atoms with Crippen molar-refractivity contribution in [1.29, 1.82) is 0 Å². The van der Waals surface area contributed by atoms with E-state index in [-0.39, 0.29) is 0 Å². The third-order valence-corrected chi connectivity index (χ3v) is 2.17. The summed E-state index contributed by atoms with van der Waals surface area (Å²) < 4.78 is 5.15. The summed E-state index contributed by atoms with van der Waals surface area (Å²) in [5.74, 6) is 5.94. The summed E-state index contributed by atoms with van der Waals surface area (Å²) in [5, 5.41) is 2.56. The number of nitrogen functional groups attached to an aromatic ring is 1. The Morgan fingerprint density at radius 1 is 1.58 bits per heavy atom. The Labute approximate surface area is 73.0 Å². The highest BCUT2D eigenvalue weighted by Crippen LogP contribution is 2.24. The molecule has 0 aliphatic rings. The molecule has 2 aromatic rings. The van der Waals surface area contributed by atoms with Crippen LogP contribution in [-0.2, 0) is 0 Å². The summed E-state index contributed by atoms with van der Waals surface area (Å²) in [6.45, 7) is 0. The SMILES string of the molecule is NNc1nc(-c2ccco2)cs1. The molecule has 0 saturated heterocycles. The standard InChI is InChI=1S/C7H7N3OS/c8-10-7-9-5(4-12-7)6-2-1-3-11-6/h1-4H,8H2,(H,9,10). The zero-order chi connectivity index (χ0) is 8.39. The van der Waals surface area contributed by atoms with Gasteiger partial charge in [0.2, 0.25) is 0 Å². The molecule has 0 unspecified atom stereocenters. The highest BCUT2D eigenvalue weighted by Gasteiger charge is 2.04.